The lowest BCUT2D eigenvalue weighted by molar-refractivity contribution is 0.301. The van der Waals surface area contributed by atoms with Gasteiger partial charge in [0.1, 0.15) is 0 Å². The van der Waals surface area contributed by atoms with Crippen LogP contribution in [0.15, 0.2) is 0 Å². The predicted molar refractivity (Wildman–Crippen MR) is 62.3 cm³/mol. The molecule has 0 aromatic carbocycles. The van der Waals surface area contributed by atoms with Crippen LogP contribution in [0.1, 0.15) is 45.4 Å². The molecule has 0 bridgehead atoms. The number of unbranched alkanes of at least 4 members (excludes halogenated alkanes) is 5. The van der Waals surface area contributed by atoms with Crippen LogP contribution in [-0.4, -0.2) is 32.4 Å². The maximum absolute atomic E-state index is 11.3. The van der Waals surface area contributed by atoms with E-state index in [0.29, 0.717) is 6.42 Å². The highest BCUT2D eigenvalue weighted by molar-refractivity contribution is 7.89. The number of hydrogen-bond acceptors (Lipinski definition) is 3. The lowest BCUT2D eigenvalue weighted by Crippen LogP contribution is -2.28. The first-order chi connectivity index (χ1) is 7.12. The molecule has 0 saturated carbocycles. The van der Waals surface area contributed by atoms with Gasteiger partial charge in [-0.3, -0.25) is 0 Å². The van der Waals surface area contributed by atoms with Gasteiger partial charge in [-0.05, 0) is 6.42 Å². The molecular formula is C10H23NO3S. The molecule has 0 fully saturated rings. The van der Waals surface area contributed by atoms with Crippen molar-refractivity contribution in [1.29, 1.82) is 0 Å². The normalized spacial score (nSPS) is 11.9. The number of sulfonamides is 1. The number of hydrogen-bond donors (Lipinski definition) is 2. The highest BCUT2D eigenvalue weighted by Gasteiger charge is 2.07. The molecule has 0 radical (unpaired) electrons. The minimum absolute atomic E-state index is 0.123. The third kappa shape index (κ3) is 10.2. The van der Waals surface area contributed by atoms with Crippen LogP contribution < -0.4 is 4.72 Å². The molecule has 0 rings (SSSR count). The zero-order valence-corrected chi connectivity index (χ0v) is 10.4. The Morgan fingerprint density at radius 1 is 1.07 bits per heavy atom. The summed E-state index contributed by atoms with van der Waals surface area (Å²) in [5, 5.41) is 8.47. The standard InChI is InChI=1S/C10H23NO3S/c1-2-3-4-5-6-7-10-15(13,14)11-8-9-12/h11-12H,2-10H2,1H3. The van der Waals surface area contributed by atoms with E-state index in [1.54, 1.807) is 0 Å². The Labute approximate surface area is 93.1 Å². The van der Waals surface area contributed by atoms with Crippen molar-refractivity contribution in [1.82, 2.24) is 4.72 Å². The van der Waals surface area contributed by atoms with Crippen LogP contribution in [0, 0.1) is 0 Å². The second kappa shape index (κ2) is 9.12. The second-order valence-electron chi connectivity index (χ2n) is 3.70. The van der Waals surface area contributed by atoms with E-state index in [4.69, 9.17) is 5.11 Å². The molecule has 0 heterocycles. The molecule has 0 aliphatic rings. The van der Waals surface area contributed by atoms with E-state index in [1.165, 1.54) is 19.3 Å². The monoisotopic (exact) mass is 237 g/mol. The van der Waals surface area contributed by atoms with Gasteiger partial charge >= 0.3 is 0 Å². The van der Waals surface area contributed by atoms with Crippen molar-refractivity contribution in [2.45, 2.75) is 45.4 Å². The van der Waals surface area contributed by atoms with Gasteiger partial charge in [-0.2, -0.15) is 0 Å². The summed E-state index contributed by atoms with van der Waals surface area (Å²) < 4.78 is 24.8. The van der Waals surface area contributed by atoms with E-state index in [-0.39, 0.29) is 18.9 Å². The van der Waals surface area contributed by atoms with Crippen LogP contribution in [-0.2, 0) is 10.0 Å². The molecule has 5 heteroatoms. The van der Waals surface area contributed by atoms with Gasteiger partial charge in [-0.1, -0.05) is 39.0 Å². The molecule has 0 aliphatic heterocycles. The Hall–Kier alpha value is -0.130. The SMILES string of the molecule is CCCCCCCCS(=O)(=O)NCCO. The fraction of sp³-hybridized carbons (Fsp3) is 1.00. The van der Waals surface area contributed by atoms with E-state index in [0.717, 1.165) is 12.8 Å². The van der Waals surface area contributed by atoms with Crippen LogP contribution in [0.3, 0.4) is 0 Å². The van der Waals surface area contributed by atoms with Crippen molar-refractivity contribution in [2.75, 3.05) is 18.9 Å². The molecule has 0 unspecified atom stereocenters. The summed E-state index contributed by atoms with van der Waals surface area (Å²) in [5.41, 5.74) is 0. The Morgan fingerprint density at radius 2 is 1.67 bits per heavy atom. The van der Waals surface area contributed by atoms with Gasteiger partial charge in [-0.15, -0.1) is 0 Å². The molecule has 0 spiro atoms. The summed E-state index contributed by atoms with van der Waals surface area (Å²) in [5.74, 6) is 0.180. The third-order valence-electron chi connectivity index (χ3n) is 2.20. The van der Waals surface area contributed by atoms with Gasteiger partial charge in [-0.25, -0.2) is 13.1 Å². The summed E-state index contributed by atoms with van der Waals surface area (Å²) in [6.07, 6.45) is 6.43. The molecule has 0 amide bonds. The molecule has 2 N–H and O–H groups in total. The molecule has 0 saturated heterocycles. The molecule has 0 aromatic rings. The second-order valence-corrected chi connectivity index (χ2v) is 5.63. The van der Waals surface area contributed by atoms with Crippen molar-refractivity contribution >= 4 is 10.0 Å². The van der Waals surface area contributed by atoms with Crippen molar-refractivity contribution in [3.63, 3.8) is 0 Å². The average Bonchev–Trinajstić information content (AvgIpc) is 2.20. The summed E-state index contributed by atoms with van der Waals surface area (Å²) in [7, 11) is -3.15. The fourth-order valence-electron chi connectivity index (χ4n) is 1.35. The Morgan fingerprint density at radius 3 is 2.27 bits per heavy atom. The average molecular weight is 237 g/mol. The first-order valence-corrected chi connectivity index (χ1v) is 7.36. The summed E-state index contributed by atoms with van der Waals surface area (Å²) in [4.78, 5) is 0. The Balaban J connectivity index is 3.41. The largest absolute Gasteiger partial charge is 0.395 e. The van der Waals surface area contributed by atoms with Crippen LogP contribution >= 0.6 is 0 Å². The smallest absolute Gasteiger partial charge is 0.211 e. The quantitative estimate of drug-likeness (QED) is 0.562. The number of aliphatic hydroxyl groups excluding tert-OH is 1. The van der Waals surface area contributed by atoms with Gasteiger partial charge in [0.05, 0.1) is 12.4 Å². The zero-order chi connectivity index (χ0) is 11.6. The zero-order valence-electron chi connectivity index (χ0n) is 9.54. The van der Waals surface area contributed by atoms with Crippen LogP contribution in [0.5, 0.6) is 0 Å². The fourth-order valence-corrected chi connectivity index (χ4v) is 2.48. The summed E-state index contributed by atoms with van der Waals surface area (Å²) in [6, 6.07) is 0. The van der Waals surface area contributed by atoms with Crippen molar-refractivity contribution in [2.24, 2.45) is 0 Å². The van der Waals surface area contributed by atoms with Gasteiger partial charge in [0.2, 0.25) is 10.0 Å². The number of rotatable bonds is 10. The molecule has 92 valence electrons. The first kappa shape index (κ1) is 14.9. The Bertz CT molecular complexity index is 227. The molecule has 15 heavy (non-hydrogen) atoms. The molecule has 0 aromatic heterocycles. The van der Waals surface area contributed by atoms with Crippen LogP contribution in [0.2, 0.25) is 0 Å². The maximum Gasteiger partial charge on any atom is 0.211 e. The summed E-state index contributed by atoms with van der Waals surface area (Å²) in [6.45, 7) is 2.14. The van der Waals surface area contributed by atoms with Gasteiger partial charge < -0.3 is 5.11 Å². The molecule has 0 aliphatic carbocycles. The van der Waals surface area contributed by atoms with Crippen LogP contribution in [0.25, 0.3) is 0 Å². The van der Waals surface area contributed by atoms with E-state index >= 15 is 0 Å². The topological polar surface area (TPSA) is 66.4 Å². The third-order valence-corrected chi connectivity index (χ3v) is 3.67. The number of nitrogens with one attached hydrogen (secondary N) is 1. The lowest BCUT2D eigenvalue weighted by atomic mass is 10.1. The van der Waals surface area contributed by atoms with Gasteiger partial charge in [0.15, 0.2) is 0 Å². The highest BCUT2D eigenvalue weighted by Crippen LogP contribution is 2.05. The maximum atomic E-state index is 11.3. The minimum atomic E-state index is -3.15. The number of aliphatic hydroxyl groups is 1. The summed E-state index contributed by atoms with van der Waals surface area (Å²) >= 11 is 0. The van der Waals surface area contributed by atoms with Gasteiger partial charge in [0, 0.05) is 6.54 Å². The minimum Gasteiger partial charge on any atom is -0.395 e. The van der Waals surface area contributed by atoms with Gasteiger partial charge in [0.25, 0.3) is 0 Å². The van der Waals surface area contributed by atoms with E-state index in [1.807, 2.05) is 0 Å². The van der Waals surface area contributed by atoms with E-state index < -0.39 is 10.0 Å². The van der Waals surface area contributed by atoms with Crippen molar-refractivity contribution < 1.29 is 13.5 Å². The molecular weight excluding hydrogens is 214 g/mol. The van der Waals surface area contributed by atoms with Crippen molar-refractivity contribution in [3.8, 4) is 0 Å². The lowest BCUT2D eigenvalue weighted by Gasteiger charge is -2.04. The predicted octanol–water partition coefficient (Wildman–Crippen LogP) is 1.26. The Kier molecular flexibility index (Phi) is 9.04. The first-order valence-electron chi connectivity index (χ1n) is 5.70. The molecule has 4 nitrogen and oxygen atoms in total. The highest BCUT2D eigenvalue weighted by atomic mass is 32.2. The van der Waals surface area contributed by atoms with Crippen molar-refractivity contribution in [3.05, 3.63) is 0 Å². The molecule has 0 atom stereocenters. The van der Waals surface area contributed by atoms with E-state index in [9.17, 15) is 8.42 Å². The van der Waals surface area contributed by atoms with E-state index in [2.05, 4.69) is 11.6 Å². The van der Waals surface area contributed by atoms with Crippen LogP contribution in [0.4, 0.5) is 0 Å².